The third-order valence-corrected chi connectivity index (χ3v) is 2.77. The molecule has 0 saturated heterocycles. The van der Waals surface area contributed by atoms with Gasteiger partial charge in [0.15, 0.2) is 0 Å². The van der Waals surface area contributed by atoms with Crippen LogP contribution in [-0.2, 0) is 4.79 Å². The fraction of sp³-hybridized carbons (Fsp3) is 0.846. The minimum absolute atomic E-state index is 0.00243. The van der Waals surface area contributed by atoms with Crippen LogP contribution in [0.3, 0.4) is 0 Å². The Hall–Kier alpha value is -1.26. The van der Waals surface area contributed by atoms with Gasteiger partial charge < -0.3 is 15.7 Å². The zero-order chi connectivity index (χ0) is 14.3. The maximum absolute atomic E-state index is 11.5. The lowest BCUT2D eigenvalue weighted by molar-refractivity contribution is -0.142. The van der Waals surface area contributed by atoms with Crippen molar-refractivity contribution in [3.8, 4) is 0 Å². The average molecular weight is 258 g/mol. The van der Waals surface area contributed by atoms with Crippen LogP contribution in [0, 0.1) is 17.3 Å². The van der Waals surface area contributed by atoms with Gasteiger partial charge in [0, 0.05) is 13.1 Å². The summed E-state index contributed by atoms with van der Waals surface area (Å²) in [7, 11) is 0. The smallest absolute Gasteiger partial charge is 0.314 e. The molecule has 5 nitrogen and oxygen atoms in total. The number of carbonyl (C=O) groups excluding carboxylic acids is 1. The minimum Gasteiger partial charge on any atom is -0.481 e. The Morgan fingerprint density at radius 1 is 1.17 bits per heavy atom. The largest absolute Gasteiger partial charge is 0.481 e. The van der Waals surface area contributed by atoms with E-state index in [9.17, 15) is 9.59 Å². The molecule has 18 heavy (non-hydrogen) atoms. The predicted molar refractivity (Wildman–Crippen MR) is 71.4 cm³/mol. The van der Waals surface area contributed by atoms with Gasteiger partial charge in [-0.2, -0.15) is 0 Å². The highest BCUT2D eigenvalue weighted by Crippen LogP contribution is 2.16. The number of carboxylic acid groups (broad SMARTS) is 1. The summed E-state index contributed by atoms with van der Waals surface area (Å²) in [5.74, 6) is -1.42. The van der Waals surface area contributed by atoms with Crippen molar-refractivity contribution < 1.29 is 14.7 Å². The molecule has 0 aliphatic carbocycles. The van der Waals surface area contributed by atoms with Gasteiger partial charge in [0.1, 0.15) is 0 Å². The lowest BCUT2D eigenvalue weighted by atomic mass is 9.92. The first-order chi connectivity index (χ1) is 8.13. The summed E-state index contributed by atoms with van der Waals surface area (Å²) in [5, 5.41) is 14.3. The van der Waals surface area contributed by atoms with Gasteiger partial charge in [-0.3, -0.25) is 4.79 Å². The number of urea groups is 1. The molecule has 0 spiro atoms. The first kappa shape index (κ1) is 16.7. The second-order valence-electron chi connectivity index (χ2n) is 6.14. The molecule has 0 bridgehead atoms. The zero-order valence-electron chi connectivity index (χ0n) is 12.0. The fourth-order valence-electron chi connectivity index (χ4n) is 1.42. The van der Waals surface area contributed by atoms with E-state index in [1.54, 1.807) is 0 Å². The molecule has 1 atom stereocenters. The van der Waals surface area contributed by atoms with Crippen molar-refractivity contribution in [1.29, 1.82) is 0 Å². The van der Waals surface area contributed by atoms with Gasteiger partial charge in [0.05, 0.1) is 5.92 Å². The van der Waals surface area contributed by atoms with Crippen LogP contribution < -0.4 is 10.6 Å². The molecule has 0 radical (unpaired) electrons. The quantitative estimate of drug-likeness (QED) is 0.682. The molecular weight excluding hydrogens is 232 g/mol. The summed E-state index contributed by atoms with van der Waals surface area (Å²) in [5.41, 5.74) is 0.175. The predicted octanol–water partition coefficient (Wildman–Crippen LogP) is 2.08. The van der Waals surface area contributed by atoms with Crippen molar-refractivity contribution in [2.45, 2.75) is 41.0 Å². The van der Waals surface area contributed by atoms with E-state index in [4.69, 9.17) is 5.11 Å². The number of aliphatic carboxylic acids is 1. The fourth-order valence-corrected chi connectivity index (χ4v) is 1.42. The van der Waals surface area contributed by atoms with Crippen molar-refractivity contribution in [2.24, 2.45) is 17.3 Å². The Morgan fingerprint density at radius 2 is 1.72 bits per heavy atom. The molecule has 106 valence electrons. The summed E-state index contributed by atoms with van der Waals surface area (Å²) in [6.07, 6.45) is 0.882. The van der Waals surface area contributed by atoms with E-state index in [2.05, 4.69) is 31.4 Å². The zero-order valence-corrected chi connectivity index (χ0v) is 12.0. The SMILES string of the molecule is CC(C)C(CNC(=O)NCCC(C)(C)C)C(=O)O. The number of carboxylic acids is 1. The van der Waals surface area contributed by atoms with Gasteiger partial charge in [-0.15, -0.1) is 0 Å². The van der Waals surface area contributed by atoms with Crippen LogP contribution in [0.1, 0.15) is 41.0 Å². The average Bonchev–Trinajstić information content (AvgIpc) is 2.14. The Bertz CT molecular complexity index is 282. The lowest BCUT2D eigenvalue weighted by Gasteiger charge is -2.19. The maximum atomic E-state index is 11.5. The number of amides is 2. The molecule has 0 saturated carbocycles. The molecule has 5 heteroatoms. The van der Waals surface area contributed by atoms with E-state index in [1.807, 2.05) is 13.8 Å². The second-order valence-corrected chi connectivity index (χ2v) is 6.14. The number of nitrogens with one attached hydrogen (secondary N) is 2. The van der Waals surface area contributed by atoms with E-state index >= 15 is 0 Å². The van der Waals surface area contributed by atoms with E-state index in [-0.39, 0.29) is 23.9 Å². The Labute approximate surface area is 109 Å². The molecular formula is C13H26N2O3. The van der Waals surface area contributed by atoms with E-state index in [1.165, 1.54) is 0 Å². The van der Waals surface area contributed by atoms with E-state index in [0.29, 0.717) is 6.54 Å². The monoisotopic (exact) mass is 258 g/mol. The number of hydrogen-bond donors (Lipinski definition) is 3. The summed E-state index contributed by atoms with van der Waals surface area (Å²) < 4.78 is 0. The molecule has 0 aromatic carbocycles. The van der Waals surface area contributed by atoms with Gasteiger partial charge >= 0.3 is 12.0 Å². The third kappa shape index (κ3) is 7.92. The van der Waals surface area contributed by atoms with Crippen LogP contribution in [0.25, 0.3) is 0 Å². The van der Waals surface area contributed by atoms with Crippen molar-refractivity contribution in [3.63, 3.8) is 0 Å². The first-order valence-corrected chi connectivity index (χ1v) is 6.38. The molecule has 0 aromatic rings. The third-order valence-electron chi connectivity index (χ3n) is 2.77. The Kier molecular flexibility index (Phi) is 6.73. The highest BCUT2D eigenvalue weighted by molar-refractivity contribution is 5.75. The van der Waals surface area contributed by atoms with Crippen molar-refractivity contribution >= 4 is 12.0 Å². The van der Waals surface area contributed by atoms with Crippen molar-refractivity contribution in [1.82, 2.24) is 10.6 Å². The normalized spacial score (nSPS) is 13.2. The number of rotatable bonds is 6. The summed E-state index contributed by atoms with van der Waals surface area (Å²) in [6, 6.07) is -0.300. The second kappa shape index (κ2) is 7.24. The maximum Gasteiger partial charge on any atom is 0.314 e. The van der Waals surface area contributed by atoms with Gasteiger partial charge in [-0.25, -0.2) is 4.79 Å². The number of hydrogen-bond acceptors (Lipinski definition) is 2. The molecule has 0 aliphatic heterocycles. The van der Waals surface area contributed by atoms with Crippen molar-refractivity contribution in [2.75, 3.05) is 13.1 Å². The summed E-state index contributed by atoms with van der Waals surface area (Å²) in [6.45, 7) is 10.7. The van der Waals surface area contributed by atoms with Gasteiger partial charge in [0.25, 0.3) is 0 Å². The van der Waals surface area contributed by atoms with Crippen LogP contribution in [0.5, 0.6) is 0 Å². The minimum atomic E-state index is -0.875. The topological polar surface area (TPSA) is 78.4 Å². The van der Waals surface area contributed by atoms with Gasteiger partial charge in [-0.05, 0) is 17.8 Å². The highest BCUT2D eigenvalue weighted by atomic mass is 16.4. The Morgan fingerprint density at radius 3 is 2.11 bits per heavy atom. The lowest BCUT2D eigenvalue weighted by Crippen LogP contribution is -2.42. The molecule has 0 heterocycles. The van der Waals surface area contributed by atoms with Crippen LogP contribution in [0.2, 0.25) is 0 Å². The summed E-state index contributed by atoms with van der Waals surface area (Å²) >= 11 is 0. The van der Waals surface area contributed by atoms with Crippen LogP contribution >= 0.6 is 0 Å². The molecule has 3 N–H and O–H groups in total. The van der Waals surface area contributed by atoms with Gasteiger partial charge in [0.2, 0.25) is 0 Å². The molecule has 0 aromatic heterocycles. The van der Waals surface area contributed by atoms with E-state index < -0.39 is 11.9 Å². The standard InChI is InChI=1S/C13H26N2O3/c1-9(2)10(11(16)17)8-15-12(18)14-7-6-13(3,4)5/h9-10H,6-8H2,1-5H3,(H,16,17)(H2,14,15,18). The molecule has 2 amide bonds. The van der Waals surface area contributed by atoms with Crippen LogP contribution in [-0.4, -0.2) is 30.2 Å². The van der Waals surface area contributed by atoms with Gasteiger partial charge in [-0.1, -0.05) is 34.6 Å². The van der Waals surface area contributed by atoms with Crippen LogP contribution in [0.4, 0.5) is 4.79 Å². The van der Waals surface area contributed by atoms with E-state index in [0.717, 1.165) is 6.42 Å². The highest BCUT2D eigenvalue weighted by Gasteiger charge is 2.21. The molecule has 0 fully saturated rings. The number of carbonyl (C=O) groups is 2. The summed E-state index contributed by atoms with van der Waals surface area (Å²) in [4.78, 5) is 22.4. The molecule has 1 unspecified atom stereocenters. The molecule has 0 aliphatic rings. The van der Waals surface area contributed by atoms with Crippen LogP contribution in [0.15, 0.2) is 0 Å². The first-order valence-electron chi connectivity index (χ1n) is 6.38. The Balaban J connectivity index is 3.92. The van der Waals surface area contributed by atoms with Crippen molar-refractivity contribution in [3.05, 3.63) is 0 Å². The molecule has 0 rings (SSSR count).